The van der Waals surface area contributed by atoms with Crippen LogP contribution < -0.4 is 5.32 Å². The van der Waals surface area contributed by atoms with E-state index in [1.165, 1.54) is 4.90 Å². The van der Waals surface area contributed by atoms with E-state index in [-0.39, 0.29) is 54.4 Å². The summed E-state index contributed by atoms with van der Waals surface area (Å²) >= 11 is 0. The number of imide groups is 1. The highest BCUT2D eigenvalue weighted by atomic mass is 16.2. The molecule has 4 aliphatic rings. The number of carbonyl (C=O) groups is 3. The van der Waals surface area contributed by atoms with E-state index >= 15 is 0 Å². The summed E-state index contributed by atoms with van der Waals surface area (Å²) < 4.78 is 0. The first-order chi connectivity index (χ1) is 12.1. The van der Waals surface area contributed by atoms with Gasteiger partial charge < -0.3 is 5.32 Å². The molecule has 25 heavy (non-hydrogen) atoms. The SMILES string of the molecule is O=C(CCN1C(=O)[C@@H]2[C@@H](C1=O)[C@H]1C=C[C@H]2CC1)NCc1ccccc1. The fraction of sp³-hybridized carbons (Fsp3) is 0.450. The molecule has 1 aromatic carbocycles. The van der Waals surface area contributed by atoms with Gasteiger partial charge in [0.05, 0.1) is 11.8 Å². The van der Waals surface area contributed by atoms with Crippen molar-refractivity contribution in [3.63, 3.8) is 0 Å². The van der Waals surface area contributed by atoms with Gasteiger partial charge >= 0.3 is 0 Å². The summed E-state index contributed by atoms with van der Waals surface area (Å²) in [6, 6.07) is 9.67. The lowest BCUT2D eigenvalue weighted by Crippen LogP contribution is -2.38. The van der Waals surface area contributed by atoms with Gasteiger partial charge in [-0.05, 0) is 30.2 Å². The minimum Gasteiger partial charge on any atom is -0.352 e. The Morgan fingerprint density at radius 3 is 2.16 bits per heavy atom. The Bertz CT molecular complexity index is 696. The number of hydrogen-bond donors (Lipinski definition) is 1. The quantitative estimate of drug-likeness (QED) is 0.659. The molecule has 5 nitrogen and oxygen atoms in total. The Hall–Kier alpha value is -2.43. The van der Waals surface area contributed by atoms with Crippen molar-refractivity contribution >= 4 is 17.7 Å². The van der Waals surface area contributed by atoms with Crippen LogP contribution >= 0.6 is 0 Å². The Balaban J connectivity index is 1.33. The van der Waals surface area contributed by atoms with Crippen LogP contribution in [-0.2, 0) is 20.9 Å². The van der Waals surface area contributed by atoms with Crippen LogP contribution in [0.2, 0.25) is 0 Å². The average Bonchev–Trinajstić information content (AvgIpc) is 2.93. The molecule has 3 amide bonds. The molecule has 1 N–H and O–H groups in total. The minimum atomic E-state index is -0.191. The zero-order valence-electron chi connectivity index (χ0n) is 14.1. The maximum Gasteiger partial charge on any atom is 0.233 e. The van der Waals surface area contributed by atoms with Crippen LogP contribution in [0, 0.1) is 23.7 Å². The van der Waals surface area contributed by atoms with Crippen molar-refractivity contribution in [1.82, 2.24) is 10.2 Å². The number of amides is 3. The maximum atomic E-state index is 12.7. The van der Waals surface area contributed by atoms with E-state index in [0.717, 1.165) is 18.4 Å². The fourth-order valence-electron chi connectivity index (χ4n) is 4.45. The van der Waals surface area contributed by atoms with Crippen molar-refractivity contribution in [3.05, 3.63) is 48.0 Å². The standard InChI is InChI=1S/C20H22N2O3/c23-16(21-12-13-4-2-1-3-5-13)10-11-22-19(24)17-14-6-7-15(9-8-14)18(17)20(22)25/h1-7,14-15,17-18H,8-12H2,(H,21,23)/t14-,15-,17-,18-/m0/s1. The van der Waals surface area contributed by atoms with E-state index in [1.807, 2.05) is 30.3 Å². The van der Waals surface area contributed by atoms with Gasteiger partial charge in [-0.25, -0.2) is 0 Å². The predicted octanol–water partition coefficient (Wildman–Crippen LogP) is 1.89. The van der Waals surface area contributed by atoms with Gasteiger partial charge in [0.15, 0.2) is 0 Å². The summed E-state index contributed by atoms with van der Waals surface area (Å²) in [7, 11) is 0. The number of nitrogens with zero attached hydrogens (tertiary/aromatic N) is 1. The molecule has 130 valence electrons. The third-order valence-corrected chi connectivity index (χ3v) is 5.75. The van der Waals surface area contributed by atoms with Gasteiger partial charge in [0.2, 0.25) is 17.7 Å². The summed E-state index contributed by atoms with van der Waals surface area (Å²) in [5.74, 6) is -0.283. The molecule has 4 atom stereocenters. The average molecular weight is 338 g/mol. The topological polar surface area (TPSA) is 66.5 Å². The Kier molecular flexibility index (Phi) is 4.15. The van der Waals surface area contributed by atoms with Crippen LogP contribution in [0.15, 0.2) is 42.5 Å². The first-order valence-corrected chi connectivity index (χ1v) is 8.99. The molecule has 1 heterocycles. The number of fused-ring (bicyclic) bond motifs is 1. The van der Waals surface area contributed by atoms with Crippen molar-refractivity contribution in [1.29, 1.82) is 0 Å². The molecule has 1 aliphatic heterocycles. The highest BCUT2D eigenvalue weighted by Gasteiger charge is 2.56. The van der Waals surface area contributed by atoms with E-state index in [4.69, 9.17) is 0 Å². The second kappa shape index (κ2) is 6.47. The van der Waals surface area contributed by atoms with Crippen LogP contribution in [0.4, 0.5) is 0 Å². The predicted molar refractivity (Wildman–Crippen MR) is 92.0 cm³/mol. The number of hydrogen-bond acceptors (Lipinski definition) is 3. The molecule has 0 radical (unpaired) electrons. The first-order valence-electron chi connectivity index (χ1n) is 8.99. The van der Waals surface area contributed by atoms with Crippen LogP contribution in [0.1, 0.15) is 24.8 Å². The second-order valence-electron chi connectivity index (χ2n) is 7.18. The largest absolute Gasteiger partial charge is 0.352 e. The molecular weight excluding hydrogens is 316 g/mol. The minimum absolute atomic E-state index is 0.0788. The summed E-state index contributed by atoms with van der Waals surface area (Å²) in [6.07, 6.45) is 6.36. The van der Waals surface area contributed by atoms with Gasteiger partial charge in [-0.2, -0.15) is 0 Å². The lowest BCUT2D eigenvalue weighted by molar-refractivity contribution is -0.140. The van der Waals surface area contributed by atoms with Gasteiger partial charge in [0.1, 0.15) is 0 Å². The number of rotatable bonds is 5. The number of likely N-dealkylation sites (tertiary alicyclic amines) is 1. The zero-order chi connectivity index (χ0) is 17.4. The van der Waals surface area contributed by atoms with Crippen LogP contribution in [-0.4, -0.2) is 29.2 Å². The number of benzene rings is 1. The Morgan fingerprint density at radius 1 is 1.00 bits per heavy atom. The third-order valence-electron chi connectivity index (χ3n) is 5.75. The molecule has 2 bridgehead atoms. The van der Waals surface area contributed by atoms with Crippen molar-refractivity contribution in [2.45, 2.75) is 25.8 Å². The maximum absolute atomic E-state index is 12.7. The Labute approximate surface area is 147 Å². The van der Waals surface area contributed by atoms with Crippen molar-refractivity contribution in [3.8, 4) is 0 Å². The lowest BCUT2D eigenvalue weighted by atomic mass is 9.63. The monoisotopic (exact) mass is 338 g/mol. The summed E-state index contributed by atoms with van der Waals surface area (Å²) in [5.41, 5.74) is 1.03. The molecule has 0 unspecified atom stereocenters. The van der Waals surface area contributed by atoms with Crippen molar-refractivity contribution in [2.24, 2.45) is 23.7 Å². The highest BCUT2D eigenvalue weighted by Crippen LogP contribution is 2.49. The molecule has 0 aromatic heterocycles. The molecular formula is C20H22N2O3. The van der Waals surface area contributed by atoms with E-state index in [0.29, 0.717) is 6.54 Å². The van der Waals surface area contributed by atoms with Crippen molar-refractivity contribution < 1.29 is 14.4 Å². The first kappa shape index (κ1) is 16.1. The van der Waals surface area contributed by atoms with Crippen LogP contribution in [0.5, 0.6) is 0 Å². The molecule has 1 saturated carbocycles. The summed E-state index contributed by atoms with van der Waals surface area (Å²) in [5, 5.41) is 2.84. The molecule has 5 rings (SSSR count). The summed E-state index contributed by atoms with van der Waals surface area (Å²) in [4.78, 5) is 38.7. The van der Waals surface area contributed by atoms with Gasteiger partial charge in [-0.1, -0.05) is 42.5 Å². The number of carbonyl (C=O) groups excluding carboxylic acids is 3. The van der Waals surface area contributed by atoms with E-state index in [1.54, 1.807) is 0 Å². The zero-order valence-corrected chi connectivity index (χ0v) is 14.1. The summed E-state index contributed by atoms with van der Waals surface area (Å²) in [6.45, 7) is 0.644. The van der Waals surface area contributed by atoms with E-state index in [2.05, 4.69) is 17.5 Å². The lowest BCUT2D eigenvalue weighted by Gasteiger charge is -2.38. The van der Waals surface area contributed by atoms with Crippen LogP contribution in [0.3, 0.4) is 0 Å². The second-order valence-corrected chi connectivity index (χ2v) is 7.18. The third kappa shape index (κ3) is 2.88. The van der Waals surface area contributed by atoms with Crippen molar-refractivity contribution in [2.75, 3.05) is 6.54 Å². The Morgan fingerprint density at radius 2 is 1.60 bits per heavy atom. The van der Waals surface area contributed by atoms with Gasteiger partial charge in [-0.15, -0.1) is 0 Å². The highest BCUT2D eigenvalue weighted by molar-refractivity contribution is 6.06. The van der Waals surface area contributed by atoms with Gasteiger partial charge in [0.25, 0.3) is 0 Å². The fourth-order valence-corrected chi connectivity index (χ4v) is 4.45. The molecule has 2 fully saturated rings. The molecule has 1 aromatic rings. The van der Waals surface area contributed by atoms with Gasteiger partial charge in [0, 0.05) is 19.5 Å². The van der Waals surface area contributed by atoms with Crippen LogP contribution in [0.25, 0.3) is 0 Å². The number of allylic oxidation sites excluding steroid dienone is 2. The molecule has 5 heteroatoms. The normalized spacial score (nSPS) is 29.8. The molecule has 1 saturated heterocycles. The smallest absolute Gasteiger partial charge is 0.233 e. The van der Waals surface area contributed by atoms with E-state index in [9.17, 15) is 14.4 Å². The molecule has 0 spiro atoms. The van der Waals surface area contributed by atoms with Gasteiger partial charge in [-0.3, -0.25) is 19.3 Å². The van der Waals surface area contributed by atoms with E-state index < -0.39 is 0 Å². The molecule has 3 aliphatic carbocycles. The number of nitrogens with one attached hydrogen (secondary N) is 1.